The fraction of sp³-hybridized carbons (Fsp3) is 0.200. The number of aromatic amines is 1. The van der Waals surface area contributed by atoms with E-state index in [0.29, 0.717) is 11.4 Å². The van der Waals surface area contributed by atoms with Crippen LogP contribution in [0.25, 0.3) is 6.08 Å². The number of carbonyl (C=O) groups is 2. The van der Waals surface area contributed by atoms with Crippen molar-refractivity contribution in [1.29, 1.82) is 0 Å². The predicted octanol–water partition coefficient (Wildman–Crippen LogP) is 0.987. The molecule has 0 aliphatic heterocycles. The van der Waals surface area contributed by atoms with E-state index in [1.807, 2.05) is 0 Å². The van der Waals surface area contributed by atoms with Crippen molar-refractivity contribution < 1.29 is 19.1 Å². The van der Waals surface area contributed by atoms with E-state index in [1.54, 1.807) is 12.1 Å². The Bertz CT molecular complexity index is 392. The Kier molecular flexibility index (Phi) is 3.68. The number of ether oxygens (including phenoxy) is 2. The minimum absolute atomic E-state index is 0.335. The van der Waals surface area contributed by atoms with E-state index in [1.165, 1.54) is 26.4 Å². The average Bonchev–Trinajstić information content (AvgIpc) is 2.73. The third-order valence-electron chi connectivity index (χ3n) is 1.71. The molecule has 1 aromatic heterocycles. The Balaban J connectivity index is 2.72. The fourth-order valence-electron chi connectivity index (χ4n) is 0.964. The molecule has 0 fully saturated rings. The maximum absolute atomic E-state index is 11.1. The largest absolute Gasteiger partial charge is 0.466 e. The maximum atomic E-state index is 11.1. The standard InChI is InChI=1S/C10H11NO4/c1-14-9(12)6-4-7-3-5-8(11-7)10(13)15-2/h3-6,11H,1-2H3. The lowest BCUT2D eigenvalue weighted by molar-refractivity contribution is -0.134. The molecule has 0 aliphatic carbocycles. The minimum atomic E-state index is -0.454. The number of esters is 2. The fourth-order valence-corrected chi connectivity index (χ4v) is 0.964. The molecule has 0 radical (unpaired) electrons. The van der Waals surface area contributed by atoms with Crippen molar-refractivity contribution in [3.05, 3.63) is 29.6 Å². The van der Waals surface area contributed by atoms with Crippen LogP contribution in [0.15, 0.2) is 18.2 Å². The molecule has 0 unspecified atom stereocenters. The number of aromatic nitrogens is 1. The van der Waals surface area contributed by atoms with Crippen molar-refractivity contribution in [2.45, 2.75) is 0 Å². The number of hydrogen-bond acceptors (Lipinski definition) is 4. The van der Waals surface area contributed by atoms with Crippen LogP contribution in [0.5, 0.6) is 0 Å². The molecule has 0 amide bonds. The third-order valence-corrected chi connectivity index (χ3v) is 1.71. The van der Waals surface area contributed by atoms with Gasteiger partial charge in [-0.2, -0.15) is 0 Å². The lowest BCUT2D eigenvalue weighted by Crippen LogP contribution is -2.01. The predicted molar refractivity (Wildman–Crippen MR) is 53.2 cm³/mol. The highest BCUT2D eigenvalue weighted by molar-refractivity contribution is 5.89. The summed E-state index contributed by atoms with van der Waals surface area (Å²) in [5.74, 6) is -0.906. The summed E-state index contributed by atoms with van der Waals surface area (Å²) in [4.78, 5) is 24.6. The number of carbonyl (C=O) groups excluding carboxylic acids is 2. The van der Waals surface area contributed by atoms with Crippen LogP contribution < -0.4 is 0 Å². The van der Waals surface area contributed by atoms with Gasteiger partial charge in [0.2, 0.25) is 0 Å². The Labute approximate surface area is 86.7 Å². The minimum Gasteiger partial charge on any atom is -0.466 e. The molecule has 0 aliphatic rings. The van der Waals surface area contributed by atoms with E-state index >= 15 is 0 Å². The van der Waals surface area contributed by atoms with Crippen molar-refractivity contribution >= 4 is 18.0 Å². The van der Waals surface area contributed by atoms with Crippen molar-refractivity contribution in [1.82, 2.24) is 4.98 Å². The van der Waals surface area contributed by atoms with Crippen LogP contribution in [0.1, 0.15) is 16.2 Å². The molecule has 0 saturated carbocycles. The van der Waals surface area contributed by atoms with Gasteiger partial charge in [0, 0.05) is 11.8 Å². The summed E-state index contributed by atoms with van der Waals surface area (Å²) in [5.41, 5.74) is 0.961. The molecule has 15 heavy (non-hydrogen) atoms. The summed E-state index contributed by atoms with van der Waals surface area (Å²) in [6.07, 6.45) is 2.77. The topological polar surface area (TPSA) is 68.4 Å². The quantitative estimate of drug-likeness (QED) is 0.595. The lowest BCUT2D eigenvalue weighted by Gasteiger charge is -1.93. The maximum Gasteiger partial charge on any atom is 0.354 e. The van der Waals surface area contributed by atoms with Crippen molar-refractivity contribution in [2.75, 3.05) is 14.2 Å². The molecule has 5 nitrogen and oxygen atoms in total. The SMILES string of the molecule is COC(=O)C=Cc1ccc(C(=O)OC)[nH]1. The van der Waals surface area contributed by atoms with Crippen LogP contribution >= 0.6 is 0 Å². The molecule has 0 atom stereocenters. The molecule has 1 heterocycles. The number of H-pyrrole nitrogens is 1. The van der Waals surface area contributed by atoms with Gasteiger partial charge in [0.1, 0.15) is 5.69 Å². The summed E-state index contributed by atoms with van der Waals surface area (Å²) >= 11 is 0. The van der Waals surface area contributed by atoms with Crippen LogP contribution in [-0.2, 0) is 14.3 Å². The van der Waals surface area contributed by atoms with Gasteiger partial charge >= 0.3 is 11.9 Å². The van der Waals surface area contributed by atoms with Crippen molar-refractivity contribution in [3.63, 3.8) is 0 Å². The Morgan fingerprint density at radius 3 is 2.60 bits per heavy atom. The smallest absolute Gasteiger partial charge is 0.354 e. The van der Waals surface area contributed by atoms with Gasteiger partial charge in [-0.3, -0.25) is 0 Å². The van der Waals surface area contributed by atoms with Crippen LogP contribution in [0, 0.1) is 0 Å². The van der Waals surface area contributed by atoms with Gasteiger partial charge in [0.05, 0.1) is 14.2 Å². The number of nitrogens with one attached hydrogen (secondary N) is 1. The zero-order valence-electron chi connectivity index (χ0n) is 8.44. The Morgan fingerprint density at radius 1 is 1.27 bits per heavy atom. The molecule has 1 N–H and O–H groups in total. The highest BCUT2D eigenvalue weighted by Crippen LogP contribution is 2.05. The number of methoxy groups -OCH3 is 2. The molecule has 1 aromatic rings. The molecule has 1 rings (SSSR count). The van der Waals surface area contributed by atoms with E-state index in [2.05, 4.69) is 14.5 Å². The van der Waals surface area contributed by atoms with Crippen molar-refractivity contribution in [3.8, 4) is 0 Å². The lowest BCUT2D eigenvalue weighted by atomic mass is 10.4. The number of hydrogen-bond donors (Lipinski definition) is 1. The summed E-state index contributed by atoms with van der Waals surface area (Å²) in [6.45, 7) is 0. The summed E-state index contributed by atoms with van der Waals surface area (Å²) in [7, 11) is 2.59. The van der Waals surface area contributed by atoms with E-state index in [4.69, 9.17) is 0 Å². The van der Waals surface area contributed by atoms with E-state index in [-0.39, 0.29) is 0 Å². The van der Waals surface area contributed by atoms with Gasteiger partial charge in [0.25, 0.3) is 0 Å². The van der Waals surface area contributed by atoms with E-state index in [0.717, 1.165) is 0 Å². The molecule has 0 spiro atoms. The zero-order chi connectivity index (χ0) is 11.3. The second-order valence-electron chi connectivity index (χ2n) is 2.68. The van der Waals surface area contributed by atoms with Gasteiger partial charge in [-0.25, -0.2) is 9.59 Å². The first-order chi connectivity index (χ1) is 7.17. The van der Waals surface area contributed by atoms with Gasteiger partial charge in [-0.1, -0.05) is 0 Å². The normalized spacial score (nSPS) is 10.3. The average molecular weight is 209 g/mol. The first-order valence-electron chi connectivity index (χ1n) is 4.20. The molecule has 0 aromatic carbocycles. The van der Waals surface area contributed by atoms with E-state index in [9.17, 15) is 9.59 Å². The summed E-state index contributed by atoms with van der Waals surface area (Å²) < 4.78 is 8.93. The van der Waals surface area contributed by atoms with Crippen LogP contribution in [0.4, 0.5) is 0 Å². The zero-order valence-corrected chi connectivity index (χ0v) is 8.44. The first kappa shape index (κ1) is 11.0. The summed E-state index contributed by atoms with van der Waals surface area (Å²) in [5, 5.41) is 0. The van der Waals surface area contributed by atoms with Crippen LogP contribution in [0.2, 0.25) is 0 Å². The molecular weight excluding hydrogens is 198 g/mol. The van der Waals surface area contributed by atoms with Crippen LogP contribution in [0.3, 0.4) is 0 Å². The van der Waals surface area contributed by atoms with Gasteiger partial charge in [0.15, 0.2) is 0 Å². The highest BCUT2D eigenvalue weighted by Gasteiger charge is 2.06. The molecule has 5 heteroatoms. The molecule has 0 saturated heterocycles. The molecule has 80 valence electrons. The first-order valence-corrected chi connectivity index (χ1v) is 4.20. The monoisotopic (exact) mass is 209 g/mol. The summed E-state index contributed by atoms with van der Waals surface area (Å²) in [6, 6.07) is 3.23. The van der Waals surface area contributed by atoms with Crippen molar-refractivity contribution in [2.24, 2.45) is 0 Å². The highest BCUT2D eigenvalue weighted by atomic mass is 16.5. The van der Waals surface area contributed by atoms with Gasteiger partial charge in [-0.15, -0.1) is 0 Å². The molecular formula is C10H11NO4. The van der Waals surface area contributed by atoms with Crippen LogP contribution in [-0.4, -0.2) is 31.1 Å². The van der Waals surface area contributed by atoms with Gasteiger partial charge < -0.3 is 14.5 Å². The van der Waals surface area contributed by atoms with Gasteiger partial charge in [-0.05, 0) is 18.2 Å². The Morgan fingerprint density at radius 2 is 2.00 bits per heavy atom. The van der Waals surface area contributed by atoms with E-state index < -0.39 is 11.9 Å². The Hall–Kier alpha value is -2.04. The molecule has 0 bridgehead atoms. The second kappa shape index (κ2) is 4.99. The third kappa shape index (κ3) is 2.98. The second-order valence-corrected chi connectivity index (χ2v) is 2.68. The number of rotatable bonds is 3.